The van der Waals surface area contributed by atoms with E-state index in [1.807, 2.05) is 0 Å². The molecule has 0 aromatic heterocycles. The summed E-state index contributed by atoms with van der Waals surface area (Å²) in [7, 11) is -7.85. The molecule has 16 heavy (non-hydrogen) atoms. The molecule has 0 saturated carbocycles. The van der Waals surface area contributed by atoms with Crippen LogP contribution in [0.15, 0.2) is 0 Å². The van der Waals surface area contributed by atoms with Gasteiger partial charge in [0.2, 0.25) is 10.0 Å². The van der Waals surface area contributed by atoms with Gasteiger partial charge in [-0.2, -0.15) is 12.7 Å². The smallest absolute Gasteiger partial charge is 0.289 e. The summed E-state index contributed by atoms with van der Waals surface area (Å²) in [4.78, 5) is 0. The van der Waals surface area contributed by atoms with Crippen molar-refractivity contribution in [3.05, 3.63) is 0 Å². The van der Waals surface area contributed by atoms with Gasteiger partial charge >= 0.3 is 0 Å². The van der Waals surface area contributed by atoms with E-state index in [0.29, 0.717) is 13.1 Å². The molecule has 1 aliphatic heterocycles. The van der Waals surface area contributed by atoms with Crippen molar-refractivity contribution in [2.75, 3.05) is 25.0 Å². The largest absolute Gasteiger partial charge is 0.346 e. The third-order valence-electron chi connectivity index (χ3n) is 2.17. The Balaban J connectivity index is 2.45. The molecule has 0 amide bonds. The summed E-state index contributed by atoms with van der Waals surface area (Å²) in [6.07, 6.45) is 2.60. The molecule has 1 heterocycles. The minimum absolute atomic E-state index is 0.442. The molecular weight excluding hydrogens is 258 g/mol. The number of hydrogen-bond donors (Lipinski definition) is 1. The molecule has 0 aromatic carbocycles. The van der Waals surface area contributed by atoms with Crippen molar-refractivity contribution in [3.8, 4) is 0 Å². The van der Waals surface area contributed by atoms with E-state index >= 15 is 0 Å². The normalized spacial score (nSPS) is 19.8. The van der Waals surface area contributed by atoms with Gasteiger partial charge in [-0.05, 0) is 12.8 Å². The Bertz CT molecular complexity index is 408. The maximum absolute atomic E-state index is 11.6. The summed E-state index contributed by atoms with van der Waals surface area (Å²) in [5, 5.41) is 0. The molecule has 0 aromatic rings. The lowest BCUT2D eigenvalue weighted by molar-refractivity contribution is 0.207. The SMILES string of the molecule is O=S(=O)(O)COCS(=O)(=O)N1CCCCC1. The van der Waals surface area contributed by atoms with E-state index in [2.05, 4.69) is 4.74 Å². The number of sulfonamides is 1. The first-order valence-electron chi connectivity index (χ1n) is 4.82. The van der Waals surface area contributed by atoms with Crippen LogP contribution < -0.4 is 0 Å². The molecule has 1 saturated heterocycles. The molecule has 0 radical (unpaired) electrons. The van der Waals surface area contributed by atoms with Gasteiger partial charge in [-0.3, -0.25) is 4.55 Å². The quantitative estimate of drug-likeness (QED) is 0.685. The highest BCUT2D eigenvalue weighted by Crippen LogP contribution is 2.13. The molecule has 96 valence electrons. The molecule has 1 fully saturated rings. The van der Waals surface area contributed by atoms with Gasteiger partial charge in [-0.1, -0.05) is 6.42 Å². The highest BCUT2D eigenvalue weighted by Gasteiger charge is 2.24. The molecule has 1 rings (SSSR count). The van der Waals surface area contributed by atoms with E-state index in [-0.39, 0.29) is 0 Å². The Hall–Kier alpha value is -0.220. The molecule has 7 nitrogen and oxygen atoms in total. The summed E-state index contributed by atoms with van der Waals surface area (Å²) in [6, 6.07) is 0. The van der Waals surface area contributed by atoms with Crippen molar-refractivity contribution >= 4 is 20.1 Å². The second kappa shape index (κ2) is 5.41. The number of hydrogen-bond acceptors (Lipinski definition) is 5. The van der Waals surface area contributed by atoms with Crippen molar-refractivity contribution in [2.45, 2.75) is 19.3 Å². The fraction of sp³-hybridized carbons (Fsp3) is 1.00. The Morgan fingerprint density at radius 2 is 1.56 bits per heavy atom. The predicted octanol–water partition coefficient (Wildman–Crippen LogP) is -0.379. The first-order valence-corrected chi connectivity index (χ1v) is 8.04. The summed E-state index contributed by atoms with van der Waals surface area (Å²) in [5.41, 5.74) is 0. The highest BCUT2D eigenvalue weighted by atomic mass is 32.2. The van der Waals surface area contributed by atoms with E-state index in [0.717, 1.165) is 19.3 Å². The van der Waals surface area contributed by atoms with Crippen LogP contribution in [0, 0.1) is 0 Å². The Morgan fingerprint density at radius 1 is 1.00 bits per heavy atom. The minimum Gasteiger partial charge on any atom is -0.346 e. The Kier molecular flexibility index (Phi) is 4.68. The van der Waals surface area contributed by atoms with Crippen molar-refractivity contribution in [2.24, 2.45) is 0 Å². The number of rotatable bonds is 5. The van der Waals surface area contributed by atoms with Gasteiger partial charge < -0.3 is 4.74 Å². The van der Waals surface area contributed by atoms with Crippen molar-refractivity contribution in [3.63, 3.8) is 0 Å². The zero-order valence-electron chi connectivity index (χ0n) is 8.70. The summed E-state index contributed by atoms with van der Waals surface area (Å²) >= 11 is 0. The van der Waals surface area contributed by atoms with Crippen LogP contribution in [0.2, 0.25) is 0 Å². The van der Waals surface area contributed by atoms with Gasteiger partial charge in [0.1, 0.15) is 0 Å². The fourth-order valence-electron chi connectivity index (χ4n) is 1.46. The first-order chi connectivity index (χ1) is 7.31. The second-order valence-corrected chi connectivity index (χ2v) is 6.91. The van der Waals surface area contributed by atoms with Gasteiger partial charge in [0.25, 0.3) is 10.1 Å². The predicted molar refractivity (Wildman–Crippen MR) is 56.7 cm³/mol. The van der Waals surface area contributed by atoms with Crippen molar-refractivity contribution in [1.82, 2.24) is 4.31 Å². The van der Waals surface area contributed by atoms with Crippen LogP contribution in [-0.2, 0) is 24.9 Å². The van der Waals surface area contributed by atoms with Gasteiger partial charge in [0.05, 0.1) is 0 Å². The Morgan fingerprint density at radius 3 is 2.06 bits per heavy atom. The van der Waals surface area contributed by atoms with Gasteiger partial charge in [-0.15, -0.1) is 0 Å². The molecule has 0 atom stereocenters. The molecule has 0 spiro atoms. The van der Waals surface area contributed by atoms with Crippen LogP contribution in [0.1, 0.15) is 19.3 Å². The van der Waals surface area contributed by atoms with Crippen LogP contribution in [-0.4, -0.2) is 50.7 Å². The summed E-state index contributed by atoms with van der Waals surface area (Å²) in [6.45, 7) is 0.884. The maximum atomic E-state index is 11.6. The van der Waals surface area contributed by atoms with Gasteiger partial charge in [-0.25, -0.2) is 8.42 Å². The van der Waals surface area contributed by atoms with Crippen molar-refractivity contribution < 1.29 is 26.1 Å². The van der Waals surface area contributed by atoms with E-state index in [9.17, 15) is 16.8 Å². The third-order valence-corrected chi connectivity index (χ3v) is 4.25. The van der Waals surface area contributed by atoms with E-state index in [1.165, 1.54) is 4.31 Å². The molecule has 1 aliphatic rings. The van der Waals surface area contributed by atoms with Crippen LogP contribution in [0.25, 0.3) is 0 Å². The first kappa shape index (κ1) is 13.8. The van der Waals surface area contributed by atoms with Crippen LogP contribution in [0.4, 0.5) is 0 Å². The third kappa shape index (κ3) is 4.74. The standard InChI is InChI=1S/C7H15NO6S2/c9-15(10,6-14-7-16(11,12)13)8-4-2-1-3-5-8/h1-7H2,(H,11,12,13). The molecule has 9 heteroatoms. The molecule has 0 bridgehead atoms. The summed E-state index contributed by atoms with van der Waals surface area (Å²) < 4.78 is 57.9. The maximum Gasteiger partial charge on any atom is 0.289 e. The van der Waals surface area contributed by atoms with Gasteiger partial charge in [0, 0.05) is 13.1 Å². The zero-order chi connectivity index (χ0) is 12.2. The highest BCUT2D eigenvalue weighted by molar-refractivity contribution is 7.89. The van der Waals surface area contributed by atoms with Crippen LogP contribution in [0.3, 0.4) is 0 Å². The Labute approximate surface area is 95.2 Å². The average Bonchev–Trinajstić information content (AvgIpc) is 2.17. The zero-order valence-corrected chi connectivity index (χ0v) is 10.3. The average molecular weight is 273 g/mol. The lowest BCUT2D eigenvalue weighted by Crippen LogP contribution is -2.38. The minimum atomic E-state index is -4.28. The van der Waals surface area contributed by atoms with Crippen LogP contribution in [0.5, 0.6) is 0 Å². The number of piperidine rings is 1. The number of nitrogens with zero attached hydrogens (tertiary/aromatic N) is 1. The number of ether oxygens (including phenoxy) is 1. The van der Waals surface area contributed by atoms with E-state index in [4.69, 9.17) is 4.55 Å². The molecular formula is C7H15NO6S2. The van der Waals surface area contributed by atoms with E-state index in [1.54, 1.807) is 0 Å². The molecule has 1 N–H and O–H groups in total. The van der Waals surface area contributed by atoms with Gasteiger partial charge in [0.15, 0.2) is 11.9 Å². The molecule has 0 unspecified atom stereocenters. The lowest BCUT2D eigenvalue weighted by Gasteiger charge is -2.25. The fourth-order valence-corrected chi connectivity index (χ4v) is 3.12. The monoisotopic (exact) mass is 273 g/mol. The summed E-state index contributed by atoms with van der Waals surface area (Å²) in [5.74, 6) is -1.72. The van der Waals surface area contributed by atoms with Crippen molar-refractivity contribution in [1.29, 1.82) is 0 Å². The van der Waals surface area contributed by atoms with E-state index < -0.39 is 32.0 Å². The topological polar surface area (TPSA) is 101 Å². The lowest BCUT2D eigenvalue weighted by atomic mass is 10.2. The van der Waals surface area contributed by atoms with Crippen LogP contribution >= 0.6 is 0 Å². The second-order valence-electron chi connectivity index (χ2n) is 3.59. The molecule has 0 aliphatic carbocycles.